The van der Waals surface area contributed by atoms with Crippen molar-refractivity contribution in [3.05, 3.63) is 23.8 Å². The lowest BCUT2D eigenvalue weighted by Crippen LogP contribution is -2.08. The Morgan fingerprint density at radius 2 is 1.95 bits per heavy atom. The molecule has 1 atom stereocenters. The van der Waals surface area contributed by atoms with E-state index in [1.54, 1.807) is 7.11 Å². The van der Waals surface area contributed by atoms with Crippen LogP contribution < -0.4 is 9.47 Å². The first-order chi connectivity index (χ1) is 9.31. The molecule has 1 rings (SSSR count). The standard InChI is InChI=1S/C14H21ClO4S/c1-11(7-9-20(15,16)17)6-8-19-13-5-4-12(2)10-14(13)18-3/h4-5,10-11H,6-9H2,1-3H3. The van der Waals surface area contributed by atoms with E-state index in [-0.39, 0.29) is 11.7 Å². The van der Waals surface area contributed by atoms with Crippen molar-refractivity contribution >= 4 is 19.7 Å². The summed E-state index contributed by atoms with van der Waals surface area (Å²) in [6, 6.07) is 5.75. The minimum absolute atomic E-state index is 0.00355. The Bertz CT molecular complexity index is 528. The lowest BCUT2D eigenvalue weighted by Gasteiger charge is -2.14. The third-order valence-corrected chi connectivity index (χ3v) is 4.23. The molecule has 0 aliphatic heterocycles. The number of rotatable bonds is 8. The minimum atomic E-state index is -3.40. The Balaban J connectivity index is 2.41. The molecule has 0 saturated heterocycles. The minimum Gasteiger partial charge on any atom is -0.493 e. The number of halogens is 1. The van der Waals surface area contributed by atoms with E-state index in [0.29, 0.717) is 24.5 Å². The van der Waals surface area contributed by atoms with E-state index in [2.05, 4.69) is 0 Å². The first-order valence-electron chi connectivity index (χ1n) is 6.51. The number of aryl methyl sites for hydroxylation is 1. The van der Waals surface area contributed by atoms with Gasteiger partial charge in [-0.2, -0.15) is 0 Å². The van der Waals surface area contributed by atoms with Gasteiger partial charge in [0.05, 0.1) is 19.5 Å². The summed E-state index contributed by atoms with van der Waals surface area (Å²) in [5, 5.41) is 0. The molecule has 1 aromatic carbocycles. The normalized spacial score (nSPS) is 13.0. The van der Waals surface area contributed by atoms with Crippen LogP contribution in [0.4, 0.5) is 0 Å². The highest BCUT2D eigenvalue weighted by Gasteiger charge is 2.10. The molecule has 0 radical (unpaired) electrons. The van der Waals surface area contributed by atoms with Crippen molar-refractivity contribution in [1.29, 1.82) is 0 Å². The Morgan fingerprint density at radius 1 is 1.25 bits per heavy atom. The maximum atomic E-state index is 10.9. The largest absolute Gasteiger partial charge is 0.493 e. The third-order valence-electron chi connectivity index (χ3n) is 3.04. The van der Waals surface area contributed by atoms with Crippen LogP contribution in [0.1, 0.15) is 25.3 Å². The molecule has 0 heterocycles. The van der Waals surface area contributed by atoms with Crippen molar-refractivity contribution < 1.29 is 17.9 Å². The Kier molecular flexibility index (Phi) is 6.62. The molecule has 0 aliphatic carbocycles. The van der Waals surface area contributed by atoms with Crippen molar-refractivity contribution in [3.63, 3.8) is 0 Å². The molecule has 0 amide bonds. The molecule has 1 unspecified atom stereocenters. The van der Waals surface area contributed by atoms with Gasteiger partial charge in [0.25, 0.3) is 0 Å². The van der Waals surface area contributed by atoms with Crippen LogP contribution in [0.3, 0.4) is 0 Å². The average molecular weight is 321 g/mol. The number of hydrogen-bond acceptors (Lipinski definition) is 4. The number of methoxy groups -OCH3 is 1. The van der Waals surface area contributed by atoms with Crippen LogP contribution in [-0.4, -0.2) is 27.9 Å². The predicted octanol–water partition coefficient (Wildman–Crippen LogP) is 3.37. The van der Waals surface area contributed by atoms with Crippen LogP contribution >= 0.6 is 10.7 Å². The number of hydrogen-bond donors (Lipinski definition) is 0. The first kappa shape index (κ1) is 17.1. The van der Waals surface area contributed by atoms with Gasteiger partial charge in [-0.15, -0.1) is 0 Å². The van der Waals surface area contributed by atoms with Gasteiger partial charge in [-0.1, -0.05) is 13.0 Å². The number of ether oxygens (including phenoxy) is 2. The average Bonchev–Trinajstić information content (AvgIpc) is 2.37. The lowest BCUT2D eigenvalue weighted by atomic mass is 10.1. The van der Waals surface area contributed by atoms with Gasteiger partial charge in [-0.3, -0.25) is 0 Å². The summed E-state index contributed by atoms with van der Waals surface area (Å²) in [4.78, 5) is 0. The van der Waals surface area contributed by atoms with E-state index in [1.807, 2.05) is 32.0 Å². The molecule has 0 aliphatic rings. The second-order valence-electron chi connectivity index (χ2n) is 4.93. The van der Waals surface area contributed by atoms with E-state index in [4.69, 9.17) is 20.2 Å². The molecule has 0 bridgehead atoms. The highest BCUT2D eigenvalue weighted by molar-refractivity contribution is 8.13. The molecule has 0 N–H and O–H groups in total. The molecule has 1 aromatic rings. The summed E-state index contributed by atoms with van der Waals surface area (Å²) in [5.74, 6) is 1.65. The maximum Gasteiger partial charge on any atom is 0.232 e. The Hall–Kier alpha value is -0.940. The fourth-order valence-electron chi connectivity index (χ4n) is 1.75. The second kappa shape index (κ2) is 7.74. The van der Waals surface area contributed by atoms with Crippen LogP contribution in [0, 0.1) is 12.8 Å². The second-order valence-corrected chi connectivity index (χ2v) is 7.82. The smallest absolute Gasteiger partial charge is 0.232 e. The Morgan fingerprint density at radius 3 is 2.55 bits per heavy atom. The highest BCUT2D eigenvalue weighted by atomic mass is 35.7. The lowest BCUT2D eigenvalue weighted by molar-refractivity contribution is 0.267. The molecule has 114 valence electrons. The Labute approximate surface area is 125 Å². The van der Waals surface area contributed by atoms with E-state index in [1.165, 1.54) is 0 Å². The molecule has 0 spiro atoms. The quantitative estimate of drug-likeness (QED) is 0.689. The van der Waals surface area contributed by atoms with E-state index in [9.17, 15) is 8.42 Å². The topological polar surface area (TPSA) is 52.6 Å². The molecule has 4 nitrogen and oxygen atoms in total. The SMILES string of the molecule is COc1cc(C)ccc1OCCC(C)CCS(=O)(=O)Cl. The maximum absolute atomic E-state index is 10.9. The van der Waals surface area contributed by atoms with E-state index >= 15 is 0 Å². The molecule has 6 heteroatoms. The molecular formula is C14H21ClO4S. The van der Waals surface area contributed by atoms with Crippen molar-refractivity contribution in [3.8, 4) is 11.5 Å². The summed E-state index contributed by atoms with van der Waals surface area (Å²) >= 11 is 0. The fourth-order valence-corrected chi connectivity index (χ4v) is 2.70. The highest BCUT2D eigenvalue weighted by Crippen LogP contribution is 2.28. The van der Waals surface area contributed by atoms with Crippen LogP contribution in [0.5, 0.6) is 11.5 Å². The molecule has 0 saturated carbocycles. The summed E-state index contributed by atoms with van der Waals surface area (Å²) in [5.41, 5.74) is 1.11. The monoisotopic (exact) mass is 320 g/mol. The van der Waals surface area contributed by atoms with E-state index in [0.717, 1.165) is 12.0 Å². The summed E-state index contributed by atoms with van der Waals surface area (Å²) in [6.07, 6.45) is 1.31. The van der Waals surface area contributed by atoms with Crippen molar-refractivity contribution in [2.75, 3.05) is 19.5 Å². The van der Waals surface area contributed by atoms with Gasteiger partial charge in [0.15, 0.2) is 11.5 Å². The zero-order valence-corrected chi connectivity index (χ0v) is 13.6. The van der Waals surface area contributed by atoms with Crippen molar-refractivity contribution in [2.45, 2.75) is 26.7 Å². The van der Waals surface area contributed by atoms with Gasteiger partial charge < -0.3 is 9.47 Å². The predicted molar refractivity (Wildman–Crippen MR) is 81.3 cm³/mol. The van der Waals surface area contributed by atoms with Gasteiger partial charge in [0.1, 0.15) is 0 Å². The molecule has 0 fully saturated rings. The summed E-state index contributed by atoms with van der Waals surface area (Å²) in [6.45, 7) is 4.49. The summed E-state index contributed by atoms with van der Waals surface area (Å²) < 4.78 is 32.7. The van der Waals surface area contributed by atoms with Crippen LogP contribution in [0.15, 0.2) is 18.2 Å². The van der Waals surface area contributed by atoms with E-state index < -0.39 is 9.05 Å². The zero-order valence-electron chi connectivity index (χ0n) is 12.1. The van der Waals surface area contributed by atoms with Crippen molar-refractivity contribution in [2.24, 2.45) is 5.92 Å². The first-order valence-corrected chi connectivity index (χ1v) is 8.99. The van der Waals surface area contributed by atoms with Crippen LogP contribution in [-0.2, 0) is 9.05 Å². The van der Waals surface area contributed by atoms with Gasteiger partial charge in [-0.05, 0) is 43.4 Å². The van der Waals surface area contributed by atoms with Crippen molar-refractivity contribution in [1.82, 2.24) is 0 Å². The zero-order chi connectivity index (χ0) is 15.2. The van der Waals surface area contributed by atoms with Gasteiger partial charge in [-0.25, -0.2) is 8.42 Å². The molecule has 20 heavy (non-hydrogen) atoms. The number of benzene rings is 1. The van der Waals surface area contributed by atoms with Gasteiger partial charge in [0.2, 0.25) is 9.05 Å². The molecule has 0 aromatic heterocycles. The van der Waals surface area contributed by atoms with Crippen LogP contribution in [0.2, 0.25) is 0 Å². The summed E-state index contributed by atoms with van der Waals surface area (Å²) in [7, 11) is 3.39. The van der Waals surface area contributed by atoms with Gasteiger partial charge in [0, 0.05) is 10.7 Å². The van der Waals surface area contributed by atoms with Crippen LogP contribution in [0.25, 0.3) is 0 Å². The molecular weight excluding hydrogens is 300 g/mol. The third kappa shape index (κ3) is 6.48. The van der Waals surface area contributed by atoms with Gasteiger partial charge >= 0.3 is 0 Å². The fraction of sp³-hybridized carbons (Fsp3) is 0.571.